The molecule has 7 heteroatoms. The Balaban J connectivity index is 1.91. The van der Waals surface area contributed by atoms with Crippen molar-refractivity contribution >= 4 is 11.8 Å². The van der Waals surface area contributed by atoms with Gasteiger partial charge in [-0.1, -0.05) is 6.92 Å². The van der Waals surface area contributed by atoms with Gasteiger partial charge >= 0.3 is 0 Å². The van der Waals surface area contributed by atoms with Crippen LogP contribution in [-0.2, 0) is 11.8 Å². The summed E-state index contributed by atoms with van der Waals surface area (Å²) in [6, 6.07) is 1.66. The molecule has 0 aromatic carbocycles. The van der Waals surface area contributed by atoms with Crippen LogP contribution in [0.4, 0.5) is 0 Å². The van der Waals surface area contributed by atoms with E-state index >= 15 is 0 Å². The van der Waals surface area contributed by atoms with Crippen molar-refractivity contribution in [3.8, 4) is 5.88 Å². The fraction of sp³-hybridized carbons (Fsp3) is 0.667. The number of nitrogens with zero attached hydrogens (tertiary/aromatic N) is 3. The Hall–Kier alpha value is -2.05. The average molecular weight is 308 g/mol. The van der Waals surface area contributed by atoms with Gasteiger partial charge in [0.05, 0.1) is 0 Å². The van der Waals surface area contributed by atoms with Crippen molar-refractivity contribution in [2.75, 3.05) is 19.7 Å². The van der Waals surface area contributed by atoms with Crippen molar-refractivity contribution in [3.63, 3.8) is 0 Å². The molecule has 0 bridgehead atoms. The summed E-state index contributed by atoms with van der Waals surface area (Å²) in [6.45, 7) is 5.52. The maximum absolute atomic E-state index is 12.0. The van der Waals surface area contributed by atoms with E-state index in [0.717, 1.165) is 32.4 Å². The summed E-state index contributed by atoms with van der Waals surface area (Å²) in [5.41, 5.74) is 0.298. The Morgan fingerprint density at radius 2 is 2.09 bits per heavy atom. The Kier molecular flexibility index (Phi) is 5.41. The standard InChI is InChI=1S/C15H24N4O3/c1-4-11(2)16-15(21)12-9-14(18(3)17-12)22-10-13(20)19-7-5-6-8-19/h9,11H,4-8,10H2,1-3H3,(H,16,21). The number of ether oxygens (including phenoxy) is 1. The van der Waals surface area contributed by atoms with Gasteiger partial charge in [0.1, 0.15) is 0 Å². The summed E-state index contributed by atoms with van der Waals surface area (Å²) in [5, 5.41) is 6.98. The molecule has 1 aliphatic heterocycles. The topological polar surface area (TPSA) is 76.5 Å². The fourth-order valence-electron chi connectivity index (χ4n) is 2.29. The summed E-state index contributed by atoms with van der Waals surface area (Å²) in [7, 11) is 1.69. The second-order valence-electron chi connectivity index (χ2n) is 5.65. The van der Waals surface area contributed by atoms with Gasteiger partial charge in [0.15, 0.2) is 12.3 Å². The van der Waals surface area contributed by atoms with E-state index in [0.29, 0.717) is 11.6 Å². The number of rotatable bonds is 6. The summed E-state index contributed by atoms with van der Waals surface area (Å²) in [5.74, 6) is 0.164. The largest absolute Gasteiger partial charge is 0.468 e. The molecule has 2 rings (SSSR count). The minimum Gasteiger partial charge on any atom is -0.468 e. The van der Waals surface area contributed by atoms with Crippen LogP contribution in [-0.4, -0.2) is 52.2 Å². The monoisotopic (exact) mass is 308 g/mol. The molecule has 1 aliphatic rings. The number of likely N-dealkylation sites (tertiary alicyclic amines) is 1. The molecule has 22 heavy (non-hydrogen) atoms. The molecule has 1 aromatic heterocycles. The Morgan fingerprint density at radius 1 is 1.41 bits per heavy atom. The van der Waals surface area contributed by atoms with Gasteiger partial charge in [0.2, 0.25) is 5.88 Å². The van der Waals surface area contributed by atoms with E-state index in [4.69, 9.17) is 4.74 Å². The van der Waals surface area contributed by atoms with Gasteiger partial charge in [-0.3, -0.25) is 9.59 Å². The van der Waals surface area contributed by atoms with Gasteiger partial charge in [0, 0.05) is 32.2 Å². The van der Waals surface area contributed by atoms with E-state index in [1.165, 1.54) is 4.68 Å². The zero-order chi connectivity index (χ0) is 16.1. The first kappa shape index (κ1) is 16.3. The molecule has 7 nitrogen and oxygen atoms in total. The van der Waals surface area contributed by atoms with E-state index in [1.54, 1.807) is 18.0 Å². The van der Waals surface area contributed by atoms with E-state index in [-0.39, 0.29) is 24.5 Å². The zero-order valence-electron chi connectivity index (χ0n) is 13.5. The number of carbonyl (C=O) groups excluding carboxylic acids is 2. The molecule has 2 heterocycles. The number of hydrogen-bond donors (Lipinski definition) is 1. The number of carbonyl (C=O) groups is 2. The van der Waals surface area contributed by atoms with Gasteiger partial charge in [0.25, 0.3) is 11.8 Å². The van der Waals surface area contributed by atoms with Crippen LogP contribution in [0.2, 0.25) is 0 Å². The maximum Gasteiger partial charge on any atom is 0.272 e. The highest BCUT2D eigenvalue weighted by Gasteiger charge is 2.20. The molecular formula is C15H24N4O3. The summed E-state index contributed by atoms with van der Waals surface area (Å²) in [4.78, 5) is 25.8. The maximum atomic E-state index is 12.0. The highest BCUT2D eigenvalue weighted by Crippen LogP contribution is 2.13. The first-order chi connectivity index (χ1) is 10.5. The SMILES string of the molecule is CCC(C)NC(=O)c1cc(OCC(=O)N2CCCC2)n(C)n1. The van der Waals surface area contributed by atoms with E-state index in [1.807, 2.05) is 13.8 Å². The molecule has 0 radical (unpaired) electrons. The third-order valence-corrected chi connectivity index (χ3v) is 3.86. The number of aryl methyl sites for hydroxylation is 1. The normalized spacial score (nSPS) is 15.7. The summed E-state index contributed by atoms with van der Waals surface area (Å²) < 4.78 is 6.98. The Labute approximate surface area is 130 Å². The highest BCUT2D eigenvalue weighted by molar-refractivity contribution is 5.92. The van der Waals surface area contributed by atoms with Crippen molar-refractivity contribution in [3.05, 3.63) is 11.8 Å². The van der Waals surface area contributed by atoms with Crippen molar-refractivity contribution < 1.29 is 14.3 Å². The van der Waals surface area contributed by atoms with Crippen LogP contribution in [0, 0.1) is 0 Å². The van der Waals surface area contributed by atoms with Crippen molar-refractivity contribution in [1.29, 1.82) is 0 Å². The molecule has 0 saturated carbocycles. The van der Waals surface area contributed by atoms with Crippen LogP contribution in [0.5, 0.6) is 5.88 Å². The number of hydrogen-bond acceptors (Lipinski definition) is 4. The van der Waals surface area contributed by atoms with E-state index < -0.39 is 0 Å². The predicted octanol–water partition coefficient (Wildman–Crippen LogP) is 0.950. The van der Waals surface area contributed by atoms with Crippen LogP contribution in [0.25, 0.3) is 0 Å². The lowest BCUT2D eigenvalue weighted by Gasteiger charge is -2.15. The molecule has 1 aromatic rings. The first-order valence-corrected chi connectivity index (χ1v) is 7.76. The Bertz CT molecular complexity index is 535. The molecule has 1 fully saturated rings. The lowest BCUT2D eigenvalue weighted by atomic mass is 10.2. The fourth-order valence-corrected chi connectivity index (χ4v) is 2.29. The minimum absolute atomic E-state index is 0.0219. The second-order valence-corrected chi connectivity index (χ2v) is 5.65. The van der Waals surface area contributed by atoms with Gasteiger partial charge in [-0.15, -0.1) is 0 Å². The summed E-state index contributed by atoms with van der Waals surface area (Å²) in [6.07, 6.45) is 2.96. The van der Waals surface area contributed by atoms with Gasteiger partial charge in [-0.25, -0.2) is 4.68 Å². The summed E-state index contributed by atoms with van der Waals surface area (Å²) >= 11 is 0. The lowest BCUT2D eigenvalue weighted by Crippen LogP contribution is -2.32. The third-order valence-electron chi connectivity index (χ3n) is 3.86. The lowest BCUT2D eigenvalue weighted by molar-refractivity contribution is -0.132. The molecular weight excluding hydrogens is 284 g/mol. The van der Waals surface area contributed by atoms with E-state index in [9.17, 15) is 9.59 Å². The van der Waals surface area contributed by atoms with Gasteiger partial charge in [-0.05, 0) is 26.2 Å². The van der Waals surface area contributed by atoms with Crippen LogP contribution in [0.3, 0.4) is 0 Å². The highest BCUT2D eigenvalue weighted by atomic mass is 16.5. The molecule has 1 saturated heterocycles. The van der Waals surface area contributed by atoms with Gasteiger partial charge in [-0.2, -0.15) is 5.10 Å². The van der Waals surface area contributed by atoms with Crippen LogP contribution in [0.1, 0.15) is 43.6 Å². The van der Waals surface area contributed by atoms with Crippen LogP contribution in [0.15, 0.2) is 6.07 Å². The molecule has 2 amide bonds. The number of amides is 2. The minimum atomic E-state index is -0.231. The molecule has 1 atom stereocenters. The zero-order valence-corrected chi connectivity index (χ0v) is 13.5. The molecule has 1 N–H and O–H groups in total. The molecule has 122 valence electrons. The first-order valence-electron chi connectivity index (χ1n) is 7.76. The van der Waals surface area contributed by atoms with Crippen LogP contribution < -0.4 is 10.1 Å². The van der Waals surface area contributed by atoms with Crippen molar-refractivity contribution in [1.82, 2.24) is 20.0 Å². The number of nitrogens with one attached hydrogen (secondary N) is 1. The van der Waals surface area contributed by atoms with Crippen LogP contribution >= 0.6 is 0 Å². The smallest absolute Gasteiger partial charge is 0.272 e. The quantitative estimate of drug-likeness (QED) is 0.849. The van der Waals surface area contributed by atoms with Gasteiger partial charge < -0.3 is 15.0 Å². The molecule has 0 aliphatic carbocycles. The predicted molar refractivity (Wildman–Crippen MR) is 81.7 cm³/mol. The van der Waals surface area contributed by atoms with Crippen molar-refractivity contribution in [2.24, 2.45) is 7.05 Å². The van der Waals surface area contributed by atoms with E-state index in [2.05, 4.69) is 10.4 Å². The molecule has 1 unspecified atom stereocenters. The average Bonchev–Trinajstić information content (AvgIpc) is 3.14. The second kappa shape index (κ2) is 7.29. The third kappa shape index (κ3) is 3.99. The van der Waals surface area contributed by atoms with Crippen molar-refractivity contribution in [2.45, 2.75) is 39.2 Å². The molecule has 0 spiro atoms. The number of aromatic nitrogens is 2. The Morgan fingerprint density at radius 3 is 2.73 bits per heavy atom.